The van der Waals surface area contributed by atoms with Crippen LogP contribution in [0.15, 0.2) is 34.3 Å². The summed E-state index contributed by atoms with van der Waals surface area (Å²) in [6.45, 7) is 0.610. The summed E-state index contributed by atoms with van der Waals surface area (Å²) in [4.78, 5) is 8.27. The SMILES string of the molecule is [Cu].c1ccc2c(c1)=NCN=2. The molecule has 1 aromatic carbocycles. The number of rotatable bonds is 0. The fourth-order valence-electron chi connectivity index (χ4n) is 0.919. The molecule has 0 atom stereocenters. The van der Waals surface area contributed by atoms with Crippen LogP contribution in [0.4, 0.5) is 0 Å². The Morgan fingerprint density at radius 1 is 1.00 bits per heavy atom. The van der Waals surface area contributed by atoms with Gasteiger partial charge in [0.2, 0.25) is 0 Å². The van der Waals surface area contributed by atoms with Crippen molar-refractivity contribution >= 4 is 0 Å². The number of benzene rings is 1. The number of hydrogen-bond acceptors (Lipinski definition) is 2. The Morgan fingerprint density at radius 2 is 1.50 bits per heavy atom. The summed E-state index contributed by atoms with van der Waals surface area (Å²) in [6.07, 6.45) is 0. The molecule has 1 radical (unpaired) electrons. The normalized spacial score (nSPS) is 12.4. The molecule has 3 heteroatoms. The first-order valence-electron chi connectivity index (χ1n) is 2.91. The van der Waals surface area contributed by atoms with Crippen LogP contribution >= 0.6 is 0 Å². The smallest absolute Gasteiger partial charge is 0.130 e. The third-order valence-electron chi connectivity index (χ3n) is 1.36. The third kappa shape index (κ3) is 1.10. The predicted molar refractivity (Wildman–Crippen MR) is 33.6 cm³/mol. The second-order valence-electron chi connectivity index (χ2n) is 1.95. The fourth-order valence-corrected chi connectivity index (χ4v) is 0.919. The zero-order valence-electron chi connectivity index (χ0n) is 5.21. The van der Waals surface area contributed by atoms with Crippen molar-refractivity contribution in [2.45, 2.75) is 0 Å². The van der Waals surface area contributed by atoms with E-state index in [4.69, 9.17) is 0 Å². The maximum Gasteiger partial charge on any atom is 0.130 e. The van der Waals surface area contributed by atoms with E-state index in [2.05, 4.69) is 9.98 Å². The average Bonchev–Trinajstić information content (AvgIpc) is 2.33. The Labute approximate surface area is 69.2 Å². The van der Waals surface area contributed by atoms with E-state index in [1.807, 2.05) is 24.3 Å². The summed E-state index contributed by atoms with van der Waals surface area (Å²) in [7, 11) is 0. The maximum atomic E-state index is 4.13. The number of fused-ring (bicyclic) bond motifs is 1. The van der Waals surface area contributed by atoms with E-state index < -0.39 is 0 Å². The third-order valence-corrected chi connectivity index (χ3v) is 1.36. The van der Waals surface area contributed by atoms with Gasteiger partial charge in [0.1, 0.15) is 6.67 Å². The van der Waals surface area contributed by atoms with Gasteiger partial charge in [-0.05, 0) is 12.1 Å². The summed E-state index contributed by atoms with van der Waals surface area (Å²) < 4.78 is 0. The number of nitrogens with zero attached hydrogens (tertiary/aromatic N) is 2. The second kappa shape index (κ2) is 2.95. The van der Waals surface area contributed by atoms with Crippen LogP contribution in [0.2, 0.25) is 0 Å². The summed E-state index contributed by atoms with van der Waals surface area (Å²) >= 11 is 0. The molecule has 10 heavy (non-hydrogen) atoms. The average molecular weight is 182 g/mol. The van der Waals surface area contributed by atoms with Crippen molar-refractivity contribution in [1.29, 1.82) is 0 Å². The monoisotopic (exact) mass is 181 g/mol. The summed E-state index contributed by atoms with van der Waals surface area (Å²) in [5, 5.41) is 2.05. The van der Waals surface area contributed by atoms with E-state index in [1.54, 1.807) is 0 Å². The standard InChI is InChI=1S/C7H6N2.Cu/c1-2-4-7-6(3-1)8-5-9-7;/h1-4H,5H2;. The van der Waals surface area contributed by atoms with E-state index in [0.29, 0.717) is 6.67 Å². The molecule has 0 spiro atoms. The predicted octanol–water partition coefficient (Wildman–Crippen LogP) is -0.106. The molecule has 1 aliphatic heterocycles. The molecule has 0 bridgehead atoms. The van der Waals surface area contributed by atoms with Gasteiger partial charge in [-0.3, -0.25) is 9.98 Å². The van der Waals surface area contributed by atoms with Crippen molar-refractivity contribution in [3.8, 4) is 0 Å². The van der Waals surface area contributed by atoms with E-state index >= 15 is 0 Å². The van der Waals surface area contributed by atoms with Crippen LogP contribution < -0.4 is 10.7 Å². The van der Waals surface area contributed by atoms with Gasteiger partial charge in [-0.1, -0.05) is 12.1 Å². The van der Waals surface area contributed by atoms with Crippen LogP contribution in [0.1, 0.15) is 0 Å². The van der Waals surface area contributed by atoms with Crippen LogP contribution in [-0.2, 0) is 17.1 Å². The van der Waals surface area contributed by atoms with Crippen molar-refractivity contribution < 1.29 is 17.1 Å². The molecule has 0 unspecified atom stereocenters. The van der Waals surface area contributed by atoms with Gasteiger partial charge >= 0.3 is 0 Å². The molecule has 2 nitrogen and oxygen atoms in total. The Morgan fingerprint density at radius 3 is 2.00 bits per heavy atom. The van der Waals surface area contributed by atoms with Gasteiger partial charge in [0.15, 0.2) is 0 Å². The molecule has 0 aromatic heterocycles. The van der Waals surface area contributed by atoms with Gasteiger partial charge in [-0.25, -0.2) is 0 Å². The molecular weight excluding hydrogens is 176 g/mol. The van der Waals surface area contributed by atoms with E-state index in [1.165, 1.54) is 0 Å². The number of hydrogen-bond donors (Lipinski definition) is 0. The minimum Gasteiger partial charge on any atom is -0.260 e. The van der Waals surface area contributed by atoms with Crippen LogP contribution in [0.3, 0.4) is 0 Å². The molecule has 0 N–H and O–H groups in total. The van der Waals surface area contributed by atoms with Crippen molar-refractivity contribution in [1.82, 2.24) is 0 Å². The quantitative estimate of drug-likeness (QED) is 0.500. The molecule has 1 aromatic rings. The van der Waals surface area contributed by atoms with E-state index in [9.17, 15) is 0 Å². The Kier molecular flexibility index (Phi) is 2.20. The molecule has 0 saturated carbocycles. The molecule has 0 amide bonds. The Hall–Kier alpha value is -0.661. The minimum absolute atomic E-state index is 0. The Bertz CT molecular complexity index is 299. The molecule has 1 aliphatic rings. The van der Waals surface area contributed by atoms with Gasteiger partial charge in [-0.2, -0.15) is 0 Å². The van der Waals surface area contributed by atoms with Gasteiger partial charge < -0.3 is 0 Å². The summed E-state index contributed by atoms with van der Waals surface area (Å²) in [6, 6.07) is 7.91. The van der Waals surface area contributed by atoms with Crippen molar-refractivity contribution in [2.75, 3.05) is 6.67 Å². The molecule has 0 saturated heterocycles. The first kappa shape index (κ1) is 7.45. The van der Waals surface area contributed by atoms with Gasteiger partial charge in [0.05, 0.1) is 10.7 Å². The zero-order chi connectivity index (χ0) is 6.10. The summed E-state index contributed by atoms with van der Waals surface area (Å²) in [5.74, 6) is 0. The topological polar surface area (TPSA) is 24.7 Å². The van der Waals surface area contributed by atoms with Gasteiger partial charge in [-0.15, -0.1) is 0 Å². The summed E-state index contributed by atoms with van der Waals surface area (Å²) in [5.41, 5.74) is 0. The Balaban J connectivity index is 0.000000500. The van der Waals surface area contributed by atoms with Gasteiger partial charge in [0.25, 0.3) is 0 Å². The van der Waals surface area contributed by atoms with Crippen molar-refractivity contribution in [3.05, 3.63) is 35.0 Å². The maximum absolute atomic E-state index is 4.13. The largest absolute Gasteiger partial charge is 0.260 e. The first-order valence-corrected chi connectivity index (χ1v) is 2.91. The van der Waals surface area contributed by atoms with Crippen molar-refractivity contribution in [2.24, 2.45) is 9.98 Å². The molecular formula is C7H6CuN2. The minimum atomic E-state index is 0. The molecule has 1 heterocycles. The van der Waals surface area contributed by atoms with Gasteiger partial charge in [0, 0.05) is 17.1 Å². The van der Waals surface area contributed by atoms with Crippen LogP contribution in [0.25, 0.3) is 0 Å². The van der Waals surface area contributed by atoms with E-state index in [-0.39, 0.29) is 17.1 Å². The molecule has 2 rings (SSSR count). The first-order chi connectivity index (χ1) is 4.47. The second-order valence-corrected chi connectivity index (χ2v) is 1.95. The molecule has 0 aliphatic carbocycles. The van der Waals surface area contributed by atoms with Crippen LogP contribution in [0.5, 0.6) is 0 Å². The van der Waals surface area contributed by atoms with Crippen LogP contribution in [0, 0.1) is 0 Å². The fraction of sp³-hybridized carbons (Fsp3) is 0.143. The molecule has 0 fully saturated rings. The van der Waals surface area contributed by atoms with Crippen molar-refractivity contribution in [3.63, 3.8) is 0 Å². The van der Waals surface area contributed by atoms with E-state index in [0.717, 1.165) is 10.7 Å². The molecule has 55 valence electrons. The number of para-hydroxylation sites is 2. The zero-order valence-corrected chi connectivity index (χ0v) is 6.15. The van der Waals surface area contributed by atoms with Crippen LogP contribution in [-0.4, -0.2) is 6.67 Å².